The van der Waals surface area contributed by atoms with Crippen LogP contribution in [-0.4, -0.2) is 70.6 Å². The SMILES string of the molecule is CNC(=O)C[C@@H]1[C@H](O)[C@H](O)[C@@H](CO)N1CCc1ccccc1. The maximum atomic E-state index is 11.6. The highest BCUT2D eigenvalue weighted by molar-refractivity contribution is 5.76. The minimum Gasteiger partial charge on any atom is -0.395 e. The van der Waals surface area contributed by atoms with Crippen molar-refractivity contribution in [3.8, 4) is 0 Å². The van der Waals surface area contributed by atoms with Crippen LogP contribution in [0.1, 0.15) is 12.0 Å². The lowest BCUT2D eigenvalue weighted by Crippen LogP contribution is -2.44. The smallest absolute Gasteiger partial charge is 0.221 e. The topological polar surface area (TPSA) is 93.0 Å². The van der Waals surface area contributed by atoms with Crippen LogP contribution in [0.5, 0.6) is 0 Å². The normalized spacial score (nSPS) is 28.7. The largest absolute Gasteiger partial charge is 0.395 e. The molecule has 6 nitrogen and oxygen atoms in total. The summed E-state index contributed by atoms with van der Waals surface area (Å²) in [6.07, 6.45) is -1.26. The Labute approximate surface area is 130 Å². The Morgan fingerprint density at radius 1 is 1.18 bits per heavy atom. The number of aliphatic hydroxyl groups excluding tert-OH is 3. The third kappa shape index (κ3) is 3.64. The van der Waals surface area contributed by atoms with E-state index in [2.05, 4.69) is 5.32 Å². The molecule has 1 saturated heterocycles. The van der Waals surface area contributed by atoms with Crippen LogP contribution in [0.2, 0.25) is 0 Å². The number of likely N-dealkylation sites (tertiary alicyclic amines) is 1. The summed E-state index contributed by atoms with van der Waals surface area (Å²) in [6.45, 7) is 0.308. The van der Waals surface area contributed by atoms with Crippen LogP contribution in [0.3, 0.4) is 0 Å². The van der Waals surface area contributed by atoms with Gasteiger partial charge in [0.15, 0.2) is 0 Å². The van der Waals surface area contributed by atoms with Gasteiger partial charge in [0, 0.05) is 26.1 Å². The number of hydrogen-bond donors (Lipinski definition) is 4. The number of nitrogens with zero attached hydrogens (tertiary/aromatic N) is 1. The molecule has 4 N–H and O–H groups in total. The predicted molar refractivity (Wildman–Crippen MR) is 82.2 cm³/mol. The summed E-state index contributed by atoms with van der Waals surface area (Å²) in [6, 6.07) is 8.82. The van der Waals surface area contributed by atoms with E-state index in [1.807, 2.05) is 35.2 Å². The monoisotopic (exact) mass is 308 g/mol. The highest BCUT2D eigenvalue weighted by Crippen LogP contribution is 2.27. The third-order valence-electron chi connectivity index (χ3n) is 4.35. The number of aliphatic hydroxyl groups is 3. The molecule has 1 amide bonds. The summed E-state index contributed by atoms with van der Waals surface area (Å²) >= 11 is 0. The van der Waals surface area contributed by atoms with Crippen molar-refractivity contribution in [3.05, 3.63) is 35.9 Å². The standard InChI is InChI=1S/C16H24N2O4/c1-17-14(20)9-12-15(21)16(22)13(10-19)18(12)8-7-11-5-3-2-4-6-11/h2-6,12-13,15-16,19,21-22H,7-10H2,1H3,(H,17,20)/t12-,13-,15+,16-/m1/s1. The van der Waals surface area contributed by atoms with Crippen LogP contribution in [0, 0.1) is 0 Å². The summed E-state index contributed by atoms with van der Waals surface area (Å²) in [5.74, 6) is -0.195. The van der Waals surface area contributed by atoms with Crippen molar-refractivity contribution >= 4 is 5.91 Å². The second kappa shape index (κ2) is 7.69. The van der Waals surface area contributed by atoms with Gasteiger partial charge in [-0.1, -0.05) is 30.3 Å². The average molecular weight is 308 g/mol. The summed E-state index contributed by atoms with van der Waals surface area (Å²) in [4.78, 5) is 13.5. The minimum absolute atomic E-state index is 0.0972. The second-order valence-electron chi connectivity index (χ2n) is 5.65. The van der Waals surface area contributed by atoms with E-state index < -0.39 is 24.3 Å². The van der Waals surface area contributed by atoms with Gasteiger partial charge in [0.1, 0.15) is 0 Å². The fourth-order valence-electron chi connectivity index (χ4n) is 3.07. The Balaban J connectivity index is 2.09. The molecule has 4 atom stereocenters. The number of hydrogen-bond acceptors (Lipinski definition) is 5. The number of carbonyl (C=O) groups excluding carboxylic acids is 1. The van der Waals surface area contributed by atoms with Gasteiger partial charge in [0.25, 0.3) is 0 Å². The van der Waals surface area contributed by atoms with Gasteiger partial charge in [-0.15, -0.1) is 0 Å². The predicted octanol–water partition coefficient (Wildman–Crippen LogP) is -0.868. The average Bonchev–Trinajstić information content (AvgIpc) is 2.77. The fourth-order valence-corrected chi connectivity index (χ4v) is 3.07. The van der Waals surface area contributed by atoms with E-state index in [1.165, 1.54) is 7.05 Å². The van der Waals surface area contributed by atoms with Gasteiger partial charge in [0.05, 0.1) is 24.9 Å². The molecule has 1 aromatic carbocycles. The molecule has 1 aromatic rings. The van der Waals surface area contributed by atoms with Crippen molar-refractivity contribution < 1.29 is 20.1 Å². The number of rotatable bonds is 6. The molecule has 122 valence electrons. The van der Waals surface area contributed by atoms with Crippen molar-refractivity contribution in [1.29, 1.82) is 0 Å². The van der Waals surface area contributed by atoms with E-state index in [4.69, 9.17) is 0 Å². The maximum absolute atomic E-state index is 11.6. The Morgan fingerprint density at radius 3 is 2.41 bits per heavy atom. The van der Waals surface area contributed by atoms with Gasteiger partial charge in [0.2, 0.25) is 5.91 Å². The molecule has 0 aliphatic carbocycles. The lowest BCUT2D eigenvalue weighted by Gasteiger charge is -2.29. The summed E-state index contributed by atoms with van der Waals surface area (Å²) in [5, 5.41) is 32.3. The fraction of sp³-hybridized carbons (Fsp3) is 0.562. The van der Waals surface area contributed by atoms with Crippen molar-refractivity contribution in [2.45, 2.75) is 37.1 Å². The zero-order valence-corrected chi connectivity index (χ0v) is 12.7. The molecule has 2 rings (SSSR count). The van der Waals surface area contributed by atoms with Gasteiger partial charge in [-0.3, -0.25) is 9.69 Å². The number of amides is 1. The molecule has 0 bridgehead atoms. The summed E-state index contributed by atoms with van der Waals surface area (Å²) in [7, 11) is 1.54. The molecular formula is C16H24N2O4. The zero-order valence-electron chi connectivity index (χ0n) is 12.7. The van der Waals surface area contributed by atoms with Crippen molar-refractivity contribution in [2.24, 2.45) is 0 Å². The number of benzene rings is 1. The van der Waals surface area contributed by atoms with Crippen LogP contribution >= 0.6 is 0 Å². The Bertz CT molecular complexity index is 482. The van der Waals surface area contributed by atoms with Crippen LogP contribution in [-0.2, 0) is 11.2 Å². The van der Waals surface area contributed by atoms with Gasteiger partial charge < -0.3 is 20.6 Å². The Morgan fingerprint density at radius 2 is 1.82 bits per heavy atom. The number of carbonyl (C=O) groups is 1. The molecule has 1 aliphatic rings. The van der Waals surface area contributed by atoms with Gasteiger partial charge in [-0.05, 0) is 12.0 Å². The lowest BCUT2D eigenvalue weighted by atomic mass is 10.1. The summed E-state index contributed by atoms with van der Waals surface area (Å²) in [5.41, 5.74) is 1.13. The zero-order chi connectivity index (χ0) is 16.1. The molecule has 1 fully saturated rings. The lowest BCUT2D eigenvalue weighted by molar-refractivity contribution is -0.122. The van der Waals surface area contributed by atoms with Crippen LogP contribution in [0.15, 0.2) is 30.3 Å². The van der Waals surface area contributed by atoms with Gasteiger partial charge in [-0.2, -0.15) is 0 Å². The highest BCUT2D eigenvalue weighted by atomic mass is 16.3. The van der Waals surface area contributed by atoms with E-state index in [-0.39, 0.29) is 18.9 Å². The molecule has 0 spiro atoms. The molecule has 6 heteroatoms. The minimum atomic E-state index is -1.05. The Hall–Kier alpha value is -1.47. The molecule has 0 unspecified atom stereocenters. The van der Waals surface area contributed by atoms with E-state index in [1.54, 1.807) is 0 Å². The Kier molecular flexibility index (Phi) is 5.90. The molecule has 22 heavy (non-hydrogen) atoms. The quantitative estimate of drug-likeness (QED) is 0.548. The first kappa shape index (κ1) is 16.9. The van der Waals surface area contributed by atoms with Crippen molar-refractivity contribution in [1.82, 2.24) is 10.2 Å². The molecule has 0 radical (unpaired) electrons. The highest BCUT2D eigenvalue weighted by Gasteiger charge is 2.47. The summed E-state index contributed by atoms with van der Waals surface area (Å²) < 4.78 is 0. The van der Waals surface area contributed by atoms with Crippen LogP contribution in [0.4, 0.5) is 0 Å². The first-order chi connectivity index (χ1) is 10.6. The first-order valence-corrected chi connectivity index (χ1v) is 7.55. The second-order valence-corrected chi connectivity index (χ2v) is 5.65. The molecule has 1 heterocycles. The first-order valence-electron chi connectivity index (χ1n) is 7.55. The van der Waals surface area contributed by atoms with Crippen molar-refractivity contribution in [2.75, 3.05) is 20.2 Å². The van der Waals surface area contributed by atoms with E-state index in [0.717, 1.165) is 12.0 Å². The van der Waals surface area contributed by atoms with Gasteiger partial charge >= 0.3 is 0 Å². The van der Waals surface area contributed by atoms with E-state index >= 15 is 0 Å². The molecule has 0 saturated carbocycles. The molecule has 1 aliphatic heterocycles. The molecular weight excluding hydrogens is 284 g/mol. The maximum Gasteiger partial charge on any atom is 0.221 e. The van der Waals surface area contributed by atoms with Crippen molar-refractivity contribution in [3.63, 3.8) is 0 Å². The van der Waals surface area contributed by atoms with Crippen LogP contribution in [0.25, 0.3) is 0 Å². The molecule has 0 aromatic heterocycles. The van der Waals surface area contributed by atoms with Crippen LogP contribution < -0.4 is 5.32 Å². The number of nitrogens with one attached hydrogen (secondary N) is 1. The third-order valence-corrected chi connectivity index (χ3v) is 4.35. The van der Waals surface area contributed by atoms with Gasteiger partial charge in [-0.25, -0.2) is 0 Å². The van der Waals surface area contributed by atoms with E-state index in [9.17, 15) is 20.1 Å². The van der Waals surface area contributed by atoms with E-state index in [0.29, 0.717) is 6.54 Å².